The van der Waals surface area contributed by atoms with Crippen LogP contribution < -0.4 is 10.2 Å². The molecular formula is C15H16N4O2S. The largest absolute Gasteiger partial charge is 0.312 e. The summed E-state index contributed by atoms with van der Waals surface area (Å²) in [6, 6.07) is 9.40. The monoisotopic (exact) mass is 316 g/mol. The van der Waals surface area contributed by atoms with Gasteiger partial charge in [0.25, 0.3) is 0 Å². The lowest BCUT2D eigenvalue weighted by Gasteiger charge is -2.16. The van der Waals surface area contributed by atoms with E-state index in [1.807, 2.05) is 37.3 Å². The summed E-state index contributed by atoms with van der Waals surface area (Å²) in [7, 11) is 0. The molecule has 7 heteroatoms. The van der Waals surface area contributed by atoms with Gasteiger partial charge in [-0.3, -0.25) is 9.59 Å². The molecule has 0 radical (unpaired) electrons. The van der Waals surface area contributed by atoms with Gasteiger partial charge < -0.3 is 10.2 Å². The van der Waals surface area contributed by atoms with Gasteiger partial charge in [-0.1, -0.05) is 36.5 Å². The van der Waals surface area contributed by atoms with Crippen LogP contribution in [-0.2, 0) is 16.0 Å². The van der Waals surface area contributed by atoms with Gasteiger partial charge in [0.2, 0.25) is 16.9 Å². The molecule has 0 spiro atoms. The Balaban J connectivity index is 1.66. The number of rotatable bonds is 4. The maximum atomic E-state index is 12.3. The van der Waals surface area contributed by atoms with Gasteiger partial charge in [-0.05, 0) is 18.6 Å². The van der Waals surface area contributed by atoms with Crippen molar-refractivity contribution in [3.05, 3.63) is 35.3 Å². The van der Waals surface area contributed by atoms with Gasteiger partial charge in [-0.15, -0.1) is 10.2 Å². The Morgan fingerprint density at radius 2 is 2.14 bits per heavy atom. The van der Waals surface area contributed by atoms with Crippen LogP contribution in [0.3, 0.4) is 0 Å². The molecule has 1 aromatic heterocycles. The van der Waals surface area contributed by atoms with Crippen LogP contribution in [0.5, 0.6) is 0 Å². The van der Waals surface area contributed by atoms with Crippen LogP contribution in [-0.4, -0.2) is 28.6 Å². The van der Waals surface area contributed by atoms with Crippen molar-refractivity contribution >= 4 is 34.0 Å². The van der Waals surface area contributed by atoms with E-state index in [1.165, 1.54) is 11.3 Å². The fraction of sp³-hybridized carbons (Fsp3) is 0.333. The highest BCUT2D eigenvalue weighted by Gasteiger charge is 2.35. The molecule has 2 amide bonds. The Morgan fingerprint density at radius 3 is 2.82 bits per heavy atom. The molecule has 0 saturated carbocycles. The fourth-order valence-electron chi connectivity index (χ4n) is 2.40. The molecule has 1 aromatic carbocycles. The van der Waals surface area contributed by atoms with E-state index in [0.29, 0.717) is 11.7 Å². The van der Waals surface area contributed by atoms with Gasteiger partial charge in [0, 0.05) is 18.7 Å². The van der Waals surface area contributed by atoms with E-state index < -0.39 is 0 Å². The van der Waals surface area contributed by atoms with Crippen LogP contribution in [0.1, 0.15) is 18.4 Å². The van der Waals surface area contributed by atoms with Crippen LogP contribution in [0.15, 0.2) is 30.3 Å². The molecule has 6 nitrogen and oxygen atoms in total. The number of aryl methyl sites for hydroxylation is 1. The number of carbonyl (C=O) groups is 2. The van der Waals surface area contributed by atoms with Crippen molar-refractivity contribution in [2.24, 2.45) is 5.92 Å². The second-order valence-corrected chi connectivity index (χ2v) is 6.15. The maximum Gasteiger partial charge on any atom is 0.231 e. The SMILES string of the molecule is CCc1nnc(NC(=O)[C@H]2CC(=O)N(c3ccccc3)C2)s1. The van der Waals surface area contributed by atoms with Crippen molar-refractivity contribution in [1.29, 1.82) is 0 Å². The van der Waals surface area contributed by atoms with Crippen LogP contribution in [0, 0.1) is 5.92 Å². The summed E-state index contributed by atoms with van der Waals surface area (Å²) in [5, 5.41) is 12.0. The van der Waals surface area contributed by atoms with Crippen molar-refractivity contribution in [3.63, 3.8) is 0 Å². The number of nitrogens with one attached hydrogen (secondary N) is 1. The molecule has 1 aliphatic heterocycles. The Morgan fingerprint density at radius 1 is 1.36 bits per heavy atom. The molecule has 0 aliphatic carbocycles. The van der Waals surface area contributed by atoms with Crippen LogP contribution in [0.4, 0.5) is 10.8 Å². The van der Waals surface area contributed by atoms with Crippen molar-refractivity contribution in [2.75, 3.05) is 16.8 Å². The summed E-state index contributed by atoms with van der Waals surface area (Å²) in [6.07, 6.45) is 1.01. The Bertz CT molecular complexity index is 686. The van der Waals surface area contributed by atoms with E-state index in [0.717, 1.165) is 17.1 Å². The Kier molecular flexibility index (Phi) is 4.15. The number of para-hydroxylation sites is 1. The number of amides is 2. The standard InChI is InChI=1S/C15H16N4O2S/c1-2-12-17-18-15(22-12)16-14(21)10-8-13(20)19(9-10)11-6-4-3-5-7-11/h3-7,10H,2,8-9H2,1H3,(H,16,18,21)/t10-/m0/s1. The molecule has 3 rings (SSSR count). The van der Waals surface area contributed by atoms with E-state index >= 15 is 0 Å². The molecule has 1 saturated heterocycles. The van der Waals surface area contributed by atoms with Gasteiger partial charge >= 0.3 is 0 Å². The van der Waals surface area contributed by atoms with Crippen LogP contribution >= 0.6 is 11.3 Å². The average Bonchev–Trinajstić information content (AvgIpc) is 3.14. The normalized spacial score (nSPS) is 17.8. The predicted octanol–water partition coefficient (Wildman–Crippen LogP) is 2.09. The summed E-state index contributed by atoms with van der Waals surface area (Å²) in [4.78, 5) is 26.1. The molecule has 1 fully saturated rings. The molecule has 2 heterocycles. The number of benzene rings is 1. The van der Waals surface area contributed by atoms with E-state index in [-0.39, 0.29) is 24.2 Å². The molecule has 22 heavy (non-hydrogen) atoms. The molecule has 0 bridgehead atoms. The van der Waals surface area contributed by atoms with Crippen molar-refractivity contribution in [2.45, 2.75) is 19.8 Å². The van der Waals surface area contributed by atoms with Crippen molar-refractivity contribution in [3.8, 4) is 0 Å². The van der Waals surface area contributed by atoms with E-state index in [2.05, 4.69) is 15.5 Å². The average molecular weight is 316 g/mol. The lowest BCUT2D eigenvalue weighted by Crippen LogP contribution is -2.28. The zero-order valence-corrected chi connectivity index (χ0v) is 13.0. The van der Waals surface area contributed by atoms with Gasteiger partial charge in [0.1, 0.15) is 5.01 Å². The van der Waals surface area contributed by atoms with Crippen LogP contribution in [0.2, 0.25) is 0 Å². The number of nitrogens with zero attached hydrogens (tertiary/aromatic N) is 3. The topological polar surface area (TPSA) is 75.2 Å². The Labute approximate surface area is 132 Å². The quantitative estimate of drug-likeness (QED) is 0.937. The molecule has 1 N–H and O–H groups in total. The predicted molar refractivity (Wildman–Crippen MR) is 84.8 cm³/mol. The first-order chi connectivity index (χ1) is 10.7. The lowest BCUT2D eigenvalue weighted by molar-refractivity contribution is -0.122. The highest BCUT2D eigenvalue weighted by Crippen LogP contribution is 2.26. The summed E-state index contributed by atoms with van der Waals surface area (Å²) in [5.41, 5.74) is 0.826. The fourth-order valence-corrected chi connectivity index (χ4v) is 3.08. The minimum atomic E-state index is -0.360. The van der Waals surface area contributed by atoms with E-state index in [1.54, 1.807) is 4.90 Å². The lowest BCUT2D eigenvalue weighted by atomic mass is 10.1. The van der Waals surface area contributed by atoms with Crippen molar-refractivity contribution < 1.29 is 9.59 Å². The number of carbonyl (C=O) groups excluding carboxylic acids is 2. The third-order valence-corrected chi connectivity index (χ3v) is 4.55. The number of anilines is 2. The zero-order valence-electron chi connectivity index (χ0n) is 12.2. The summed E-state index contributed by atoms with van der Waals surface area (Å²) < 4.78 is 0. The third kappa shape index (κ3) is 2.99. The minimum absolute atomic E-state index is 0.0298. The summed E-state index contributed by atoms with van der Waals surface area (Å²) >= 11 is 1.37. The maximum absolute atomic E-state index is 12.3. The van der Waals surface area contributed by atoms with E-state index in [9.17, 15) is 9.59 Å². The highest BCUT2D eigenvalue weighted by atomic mass is 32.1. The minimum Gasteiger partial charge on any atom is -0.312 e. The molecule has 0 unspecified atom stereocenters. The van der Waals surface area contributed by atoms with Crippen molar-refractivity contribution in [1.82, 2.24) is 10.2 Å². The highest BCUT2D eigenvalue weighted by molar-refractivity contribution is 7.15. The zero-order chi connectivity index (χ0) is 15.5. The van der Waals surface area contributed by atoms with Gasteiger partial charge in [-0.2, -0.15) is 0 Å². The molecule has 1 atom stereocenters. The number of aromatic nitrogens is 2. The van der Waals surface area contributed by atoms with Gasteiger partial charge in [-0.25, -0.2) is 0 Å². The third-order valence-electron chi connectivity index (χ3n) is 3.56. The second kappa shape index (κ2) is 6.23. The van der Waals surface area contributed by atoms with Crippen LogP contribution in [0.25, 0.3) is 0 Å². The second-order valence-electron chi connectivity index (χ2n) is 5.08. The first-order valence-electron chi connectivity index (χ1n) is 7.16. The molecule has 1 aliphatic rings. The van der Waals surface area contributed by atoms with Gasteiger partial charge in [0.05, 0.1) is 5.92 Å². The molecule has 2 aromatic rings. The van der Waals surface area contributed by atoms with E-state index in [4.69, 9.17) is 0 Å². The molecular weight excluding hydrogens is 300 g/mol. The molecule has 114 valence electrons. The van der Waals surface area contributed by atoms with Gasteiger partial charge in [0.15, 0.2) is 0 Å². The first-order valence-corrected chi connectivity index (χ1v) is 7.97. The summed E-state index contributed by atoms with van der Waals surface area (Å²) in [6.45, 7) is 2.38. The number of hydrogen-bond acceptors (Lipinski definition) is 5. The smallest absolute Gasteiger partial charge is 0.231 e. The Hall–Kier alpha value is -2.28. The summed E-state index contributed by atoms with van der Waals surface area (Å²) in [5.74, 6) is -0.565. The number of hydrogen-bond donors (Lipinski definition) is 1. The first kappa shape index (κ1) is 14.6.